The number of carbonyl (C=O) groups is 1. The molecule has 0 aliphatic heterocycles. The zero-order valence-electron chi connectivity index (χ0n) is 15.5. The van der Waals surface area contributed by atoms with Crippen LogP contribution in [0.1, 0.15) is 60.3 Å². The van der Waals surface area contributed by atoms with Crippen molar-refractivity contribution in [2.45, 2.75) is 71.2 Å². The summed E-state index contributed by atoms with van der Waals surface area (Å²) < 4.78 is 51.1. The third-order valence-electron chi connectivity index (χ3n) is 3.25. The molecule has 1 amide bonds. The molecule has 0 aromatic heterocycles. The third-order valence-corrected chi connectivity index (χ3v) is 4.83. The smallest absolute Gasteiger partial charge is 0.326 e. The van der Waals surface area contributed by atoms with Crippen molar-refractivity contribution in [2.24, 2.45) is 0 Å². The lowest BCUT2D eigenvalue weighted by atomic mass is 10.1. The lowest BCUT2D eigenvalue weighted by Gasteiger charge is -2.18. The molecule has 0 spiro atoms. The number of halogens is 3. The van der Waals surface area contributed by atoms with E-state index in [2.05, 4.69) is 10.0 Å². The van der Waals surface area contributed by atoms with Gasteiger partial charge in [0.2, 0.25) is 5.91 Å². The Labute approximate surface area is 150 Å². The Kier molecular flexibility index (Phi) is 10.3. The molecule has 8 heteroatoms. The summed E-state index contributed by atoms with van der Waals surface area (Å²) in [6.45, 7) is 9.35. The van der Waals surface area contributed by atoms with Crippen molar-refractivity contribution < 1.29 is 22.2 Å². The van der Waals surface area contributed by atoms with Crippen LogP contribution < -0.4 is 10.0 Å². The fourth-order valence-corrected chi connectivity index (χ4v) is 2.54. The maximum absolute atomic E-state index is 12.2. The summed E-state index contributed by atoms with van der Waals surface area (Å²) in [6, 6.07) is 0. The van der Waals surface area contributed by atoms with E-state index in [9.17, 15) is 22.2 Å². The predicted molar refractivity (Wildman–Crippen MR) is 96.1 cm³/mol. The van der Waals surface area contributed by atoms with Gasteiger partial charge in [0.05, 0.1) is 22.2 Å². The van der Waals surface area contributed by atoms with E-state index in [0.717, 1.165) is 6.08 Å². The first kappa shape index (κ1) is 23.9. The van der Waals surface area contributed by atoms with Gasteiger partial charge in [-0.15, -0.1) is 0 Å². The van der Waals surface area contributed by atoms with Crippen LogP contribution in [-0.2, 0) is 15.8 Å². The lowest BCUT2D eigenvalue weighted by Crippen LogP contribution is -2.33. The molecule has 0 bridgehead atoms. The van der Waals surface area contributed by atoms with Gasteiger partial charge in [0.15, 0.2) is 0 Å². The maximum atomic E-state index is 12.2. The number of rotatable bonds is 9. The fourth-order valence-electron chi connectivity index (χ4n) is 1.78. The van der Waals surface area contributed by atoms with Crippen molar-refractivity contribution >= 4 is 16.9 Å². The van der Waals surface area contributed by atoms with Crippen LogP contribution in [0, 0.1) is 0 Å². The molecule has 0 aliphatic carbocycles. The Morgan fingerprint density at radius 2 is 1.76 bits per heavy atom. The molecular weight excluding hydrogens is 353 g/mol. The predicted octanol–water partition coefficient (Wildman–Crippen LogP) is 4.13. The summed E-state index contributed by atoms with van der Waals surface area (Å²) in [6.07, 6.45) is -1.11. The topological polar surface area (TPSA) is 58.2 Å². The van der Waals surface area contributed by atoms with Crippen LogP contribution in [0.3, 0.4) is 0 Å². The molecule has 146 valence electrons. The quantitative estimate of drug-likeness (QED) is 0.465. The van der Waals surface area contributed by atoms with Crippen LogP contribution in [0.15, 0.2) is 23.4 Å². The third kappa shape index (κ3) is 11.9. The van der Waals surface area contributed by atoms with Gasteiger partial charge in [-0.3, -0.25) is 4.79 Å². The molecule has 0 radical (unpaired) electrons. The normalized spacial score (nSPS) is 15.2. The summed E-state index contributed by atoms with van der Waals surface area (Å²) >= 11 is 0. The van der Waals surface area contributed by atoms with Crippen LogP contribution >= 0.6 is 0 Å². The first-order valence-electron chi connectivity index (χ1n) is 8.22. The molecule has 4 nitrogen and oxygen atoms in total. The van der Waals surface area contributed by atoms with Crippen molar-refractivity contribution in [3.63, 3.8) is 0 Å². The molecule has 1 unspecified atom stereocenters. The van der Waals surface area contributed by atoms with Gasteiger partial charge in [-0.25, -0.2) is 8.93 Å². The van der Waals surface area contributed by atoms with E-state index in [1.165, 1.54) is 6.92 Å². The molecule has 0 aromatic rings. The van der Waals surface area contributed by atoms with E-state index in [4.69, 9.17) is 0 Å². The molecule has 0 rings (SSSR count). The Morgan fingerprint density at radius 3 is 2.24 bits per heavy atom. The van der Waals surface area contributed by atoms with Crippen LogP contribution in [0.25, 0.3) is 0 Å². The first-order chi connectivity index (χ1) is 11.4. The van der Waals surface area contributed by atoms with E-state index >= 15 is 0 Å². The maximum Gasteiger partial charge on any atom is 0.392 e. The van der Waals surface area contributed by atoms with E-state index in [0.29, 0.717) is 30.7 Å². The molecule has 0 aliphatic rings. The number of nitrogens with one attached hydrogen (secondary N) is 2. The summed E-state index contributed by atoms with van der Waals surface area (Å²) in [5, 5.41) is 2.63. The average molecular weight is 382 g/mol. The molecule has 0 saturated carbocycles. The molecular formula is C17H29F3N2O2S. The van der Waals surface area contributed by atoms with Gasteiger partial charge in [-0.05, 0) is 53.0 Å². The number of carbonyl (C=O) groups excluding carboxylic acids is 1. The Bertz CT molecular complexity index is 521. The summed E-state index contributed by atoms with van der Waals surface area (Å²) in [5.74, 6) is -0.246. The zero-order valence-corrected chi connectivity index (χ0v) is 16.4. The summed E-state index contributed by atoms with van der Waals surface area (Å²) in [7, 11) is -1.14. The number of unbranched alkanes of at least 4 members (excludes halogenated alkanes) is 1. The molecule has 0 saturated heterocycles. The number of alkyl halides is 3. The lowest BCUT2D eigenvalue weighted by molar-refractivity contribution is -0.125. The van der Waals surface area contributed by atoms with Crippen molar-refractivity contribution in [3.05, 3.63) is 23.4 Å². The second-order valence-electron chi connectivity index (χ2n) is 6.69. The Balaban J connectivity index is 4.22. The summed E-state index contributed by atoms with van der Waals surface area (Å²) in [4.78, 5) is 11.9. The fraction of sp³-hybridized carbons (Fsp3) is 0.706. The van der Waals surface area contributed by atoms with Crippen molar-refractivity contribution in [3.8, 4) is 0 Å². The van der Waals surface area contributed by atoms with Crippen molar-refractivity contribution in [2.75, 3.05) is 6.54 Å². The van der Waals surface area contributed by atoms with Gasteiger partial charge in [0.25, 0.3) is 0 Å². The minimum Gasteiger partial charge on any atom is -0.326 e. The van der Waals surface area contributed by atoms with Gasteiger partial charge in [-0.2, -0.15) is 13.2 Å². The number of allylic oxidation sites excluding steroid dienone is 3. The minimum atomic E-state index is -4.26. The van der Waals surface area contributed by atoms with E-state index < -0.39 is 23.6 Å². The number of hydrogen-bond acceptors (Lipinski definition) is 2. The van der Waals surface area contributed by atoms with Crippen LogP contribution in [0.4, 0.5) is 13.2 Å². The Hall–Kier alpha value is -1.15. The highest BCUT2D eigenvalue weighted by Crippen LogP contribution is 2.22. The molecule has 0 heterocycles. The highest BCUT2D eigenvalue weighted by atomic mass is 32.2. The molecule has 0 aromatic carbocycles. The van der Waals surface area contributed by atoms with E-state index in [1.807, 2.05) is 20.8 Å². The first-order valence-corrected chi connectivity index (χ1v) is 9.37. The van der Waals surface area contributed by atoms with Gasteiger partial charge in [0, 0.05) is 18.7 Å². The molecule has 25 heavy (non-hydrogen) atoms. The summed E-state index contributed by atoms with van der Waals surface area (Å²) in [5.41, 5.74) is 0.775. The largest absolute Gasteiger partial charge is 0.392 e. The second kappa shape index (κ2) is 10.8. The van der Waals surface area contributed by atoms with Crippen LogP contribution in [0.5, 0.6) is 0 Å². The highest BCUT2D eigenvalue weighted by molar-refractivity contribution is 7.84. The molecule has 1 atom stereocenters. The van der Waals surface area contributed by atoms with Gasteiger partial charge in [0.1, 0.15) is 0 Å². The monoisotopic (exact) mass is 382 g/mol. The van der Waals surface area contributed by atoms with Crippen LogP contribution in [-0.4, -0.2) is 27.6 Å². The van der Waals surface area contributed by atoms with E-state index in [1.54, 1.807) is 13.0 Å². The van der Waals surface area contributed by atoms with Crippen molar-refractivity contribution in [1.29, 1.82) is 0 Å². The van der Waals surface area contributed by atoms with Gasteiger partial charge in [-0.1, -0.05) is 12.2 Å². The van der Waals surface area contributed by atoms with Crippen molar-refractivity contribution in [1.82, 2.24) is 10.0 Å². The van der Waals surface area contributed by atoms with E-state index in [-0.39, 0.29) is 17.1 Å². The Morgan fingerprint density at radius 1 is 1.16 bits per heavy atom. The minimum absolute atomic E-state index is 0.246. The number of amides is 1. The average Bonchev–Trinajstić information content (AvgIpc) is 2.47. The number of hydrogen-bond donors (Lipinski definition) is 2. The SMILES string of the molecule is C/C=C(NC(=O)CCCCNS(=O)C(C)(C)C)\C(C)=C/CC(F)(F)F. The standard InChI is InChI=1S/C17H29F3N2O2S/c1-6-14(13(2)10-11-17(18,19)20)22-15(23)9-7-8-12-21-25(24)16(3,4)5/h6,10,21H,7-9,11-12H2,1-5H3,(H,22,23)/b13-10-,14-6+. The van der Waals surface area contributed by atoms with Crippen LogP contribution in [0.2, 0.25) is 0 Å². The van der Waals surface area contributed by atoms with Gasteiger partial charge < -0.3 is 5.32 Å². The zero-order chi connectivity index (χ0) is 19.7. The highest BCUT2D eigenvalue weighted by Gasteiger charge is 2.25. The second-order valence-corrected chi connectivity index (χ2v) is 8.74. The molecule has 0 fully saturated rings. The molecule has 2 N–H and O–H groups in total. The van der Waals surface area contributed by atoms with Gasteiger partial charge >= 0.3 is 6.18 Å².